The fraction of sp³-hybridized carbons (Fsp3) is 0.238. The van der Waals surface area contributed by atoms with Crippen molar-refractivity contribution in [1.82, 2.24) is 0 Å². The Labute approximate surface area is 143 Å². The van der Waals surface area contributed by atoms with Gasteiger partial charge in [0.25, 0.3) is 0 Å². The number of anilines is 1. The molecule has 1 aromatic heterocycles. The van der Waals surface area contributed by atoms with E-state index in [0.29, 0.717) is 6.54 Å². The Kier molecular flexibility index (Phi) is 4.90. The molecule has 0 N–H and O–H groups in total. The Balaban J connectivity index is 1.82. The first-order valence-corrected chi connectivity index (χ1v) is 8.48. The van der Waals surface area contributed by atoms with E-state index in [1.54, 1.807) is 0 Å². The number of pyridine rings is 1. The SMILES string of the molecule is CCN(CC)c1ccc(C(=O)C[n+]2cccc3ccccc32)cc1. The second-order valence-corrected chi connectivity index (χ2v) is 5.84. The van der Waals surface area contributed by atoms with Crippen LogP contribution in [0.1, 0.15) is 24.2 Å². The number of benzene rings is 2. The number of carbonyl (C=O) groups is 1. The number of fused-ring (bicyclic) bond motifs is 1. The van der Waals surface area contributed by atoms with Gasteiger partial charge in [-0.2, -0.15) is 4.57 Å². The van der Waals surface area contributed by atoms with Gasteiger partial charge in [-0.25, -0.2) is 0 Å². The smallest absolute Gasteiger partial charge is 0.227 e. The van der Waals surface area contributed by atoms with Crippen LogP contribution >= 0.6 is 0 Å². The first kappa shape index (κ1) is 16.2. The molecule has 0 unspecified atom stereocenters. The molecule has 0 atom stereocenters. The third-order valence-electron chi connectivity index (χ3n) is 4.42. The molecule has 0 saturated carbocycles. The lowest BCUT2D eigenvalue weighted by Gasteiger charge is -2.20. The molecule has 0 aliphatic heterocycles. The van der Waals surface area contributed by atoms with E-state index in [0.717, 1.165) is 35.2 Å². The van der Waals surface area contributed by atoms with E-state index in [2.05, 4.69) is 30.9 Å². The molecule has 1 heterocycles. The molecule has 0 bridgehead atoms. The minimum atomic E-state index is 0.127. The fourth-order valence-electron chi connectivity index (χ4n) is 3.05. The van der Waals surface area contributed by atoms with Gasteiger partial charge in [0.05, 0.1) is 0 Å². The van der Waals surface area contributed by atoms with Crippen LogP contribution in [0.3, 0.4) is 0 Å². The molecule has 0 amide bonds. The average Bonchev–Trinajstić information content (AvgIpc) is 2.63. The molecule has 2 aromatic carbocycles. The number of aromatic nitrogens is 1. The number of nitrogens with zero attached hydrogens (tertiary/aromatic N) is 2. The van der Waals surface area contributed by atoms with Crippen molar-refractivity contribution in [1.29, 1.82) is 0 Å². The first-order valence-electron chi connectivity index (χ1n) is 8.48. The van der Waals surface area contributed by atoms with Crippen LogP contribution in [0, 0.1) is 0 Å². The maximum atomic E-state index is 12.6. The zero-order chi connectivity index (χ0) is 16.9. The summed E-state index contributed by atoms with van der Waals surface area (Å²) in [6, 6.07) is 20.1. The average molecular weight is 319 g/mol. The summed E-state index contributed by atoms with van der Waals surface area (Å²) in [7, 11) is 0. The van der Waals surface area contributed by atoms with Crippen LogP contribution in [0.25, 0.3) is 10.9 Å². The number of carbonyl (C=O) groups excluding carboxylic acids is 1. The van der Waals surface area contributed by atoms with Crippen LogP contribution in [0.15, 0.2) is 66.9 Å². The highest BCUT2D eigenvalue weighted by molar-refractivity contribution is 5.95. The lowest BCUT2D eigenvalue weighted by atomic mass is 10.1. The number of para-hydroxylation sites is 1. The van der Waals surface area contributed by atoms with Gasteiger partial charge >= 0.3 is 0 Å². The molecule has 0 radical (unpaired) electrons. The van der Waals surface area contributed by atoms with Gasteiger partial charge in [0.2, 0.25) is 17.8 Å². The number of ketones is 1. The van der Waals surface area contributed by atoms with Crippen molar-refractivity contribution in [2.45, 2.75) is 20.4 Å². The highest BCUT2D eigenvalue weighted by atomic mass is 16.1. The molecule has 3 nitrogen and oxygen atoms in total. The Morgan fingerprint density at radius 3 is 2.29 bits per heavy atom. The normalized spacial score (nSPS) is 10.8. The Hall–Kier alpha value is -2.68. The van der Waals surface area contributed by atoms with Gasteiger partial charge in [-0.3, -0.25) is 4.79 Å². The summed E-state index contributed by atoms with van der Waals surface area (Å²) in [5, 5.41) is 1.14. The van der Waals surface area contributed by atoms with Gasteiger partial charge in [-0.1, -0.05) is 12.1 Å². The van der Waals surface area contributed by atoms with E-state index >= 15 is 0 Å². The van der Waals surface area contributed by atoms with Crippen LogP contribution in [-0.2, 0) is 6.54 Å². The maximum Gasteiger partial charge on any atom is 0.227 e. The van der Waals surface area contributed by atoms with Gasteiger partial charge < -0.3 is 4.90 Å². The lowest BCUT2D eigenvalue weighted by Crippen LogP contribution is -2.38. The summed E-state index contributed by atoms with van der Waals surface area (Å²) in [5.41, 5.74) is 2.99. The van der Waals surface area contributed by atoms with Gasteiger partial charge in [0.15, 0.2) is 6.20 Å². The molecule has 0 saturated heterocycles. The third kappa shape index (κ3) is 3.30. The van der Waals surface area contributed by atoms with E-state index in [9.17, 15) is 4.79 Å². The fourth-order valence-corrected chi connectivity index (χ4v) is 3.05. The first-order chi connectivity index (χ1) is 11.7. The summed E-state index contributed by atoms with van der Waals surface area (Å²) >= 11 is 0. The second kappa shape index (κ2) is 7.26. The van der Waals surface area contributed by atoms with Crippen molar-refractivity contribution in [2.24, 2.45) is 0 Å². The van der Waals surface area contributed by atoms with Crippen LogP contribution in [0.4, 0.5) is 5.69 Å². The summed E-state index contributed by atoms with van der Waals surface area (Å²) in [6.45, 7) is 6.57. The van der Waals surface area contributed by atoms with Gasteiger partial charge in [-0.05, 0) is 50.2 Å². The van der Waals surface area contributed by atoms with Crippen LogP contribution in [-0.4, -0.2) is 18.9 Å². The maximum absolute atomic E-state index is 12.6. The number of Topliss-reactive ketones (excluding diaryl/α,β-unsaturated/α-hetero) is 1. The monoisotopic (exact) mass is 319 g/mol. The Bertz CT molecular complexity index is 831. The molecule has 122 valence electrons. The largest absolute Gasteiger partial charge is 0.372 e. The molecule has 0 spiro atoms. The molecular formula is C21H23N2O+. The summed E-state index contributed by atoms with van der Waals surface area (Å²) in [6.07, 6.45) is 1.96. The predicted octanol–water partition coefficient (Wildman–Crippen LogP) is 3.86. The van der Waals surface area contributed by atoms with E-state index in [4.69, 9.17) is 0 Å². The predicted molar refractivity (Wildman–Crippen MR) is 98.5 cm³/mol. The minimum Gasteiger partial charge on any atom is -0.372 e. The molecule has 0 aliphatic rings. The number of rotatable bonds is 6. The van der Waals surface area contributed by atoms with Crippen molar-refractivity contribution < 1.29 is 9.36 Å². The topological polar surface area (TPSA) is 24.2 Å². The van der Waals surface area contributed by atoms with Crippen molar-refractivity contribution in [3.8, 4) is 0 Å². The second-order valence-electron chi connectivity index (χ2n) is 5.84. The number of hydrogen-bond donors (Lipinski definition) is 0. The van der Waals surface area contributed by atoms with Crippen molar-refractivity contribution in [2.75, 3.05) is 18.0 Å². The molecule has 3 rings (SSSR count). The summed E-state index contributed by atoms with van der Waals surface area (Å²) < 4.78 is 2.01. The van der Waals surface area contributed by atoms with E-state index in [1.807, 2.05) is 59.3 Å². The number of hydrogen-bond acceptors (Lipinski definition) is 2. The summed E-state index contributed by atoms with van der Waals surface area (Å²) in [4.78, 5) is 14.9. The molecular weight excluding hydrogens is 296 g/mol. The van der Waals surface area contributed by atoms with Gasteiger partial charge in [0, 0.05) is 41.9 Å². The lowest BCUT2D eigenvalue weighted by molar-refractivity contribution is -0.657. The standard InChI is InChI=1S/C21H23N2O/c1-3-22(4-2)19-13-11-18(12-14-19)21(24)16-23-15-7-9-17-8-5-6-10-20(17)23/h5-15H,3-4,16H2,1-2H3/q+1. The highest BCUT2D eigenvalue weighted by Gasteiger charge is 2.15. The van der Waals surface area contributed by atoms with Crippen LogP contribution < -0.4 is 9.47 Å². The van der Waals surface area contributed by atoms with Crippen molar-refractivity contribution in [3.63, 3.8) is 0 Å². The Morgan fingerprint density at radius 2 is 1.58 bits per heavy atom. The zero-order valence-corrected chi connectivity index (χ0v) is 14.3. The molecule has 0 aliphatic carbocycles. The van der Waals surface area contributed by atoms with Gasteiger partial charge in [0.1, 0.15) is 0 Å². The highest BCUT2D eigenvalue weighted by Crippen LogP contribution is 2.15. The van der Waals surface area contributed by atoms with E-state index in [1.165, 1.54) is 0 Å². The van der Waals surface area contributed by atoms with Crippen molar-refractivity contribution in [3.05, 3.63) is 72.4 Å². The van der Waals surface area contributed by atoms with Crippen molar-refractivity contribution >= 4 is 22.4 Å². The zero-order valence-electron chi connectivity index (χ0n) is 14.3. The molecule has 24 heavy (non-hydrogen) atoms. The van der Waals surface area contributed by atoms with Gasteiger partial charge in [-0.15, -0.1) is 0 Å². The van der Waals surface area contributed by atoms with E-state index < -0.39 is 0 Å². The third-order valence-corrected chi connectivity index (χ3v) is 4.42. The van der Waals surface area contributed by atoms with Crippen LogP contribution in [0.2, 0.25) is 0 Å². The molecule has 3 heteroatoms. The minimum absolute atomic E-state index is 0.127. The quantitative estimate of drug-likeness (QED) is 0.509. The summed E-state index contributed by atoms with van der Waals surface area (Å²) in [5.74, 6) is 0.127. The Morgan fingerprint density at radius 1 is 0.917 bits per heavy atom. The van der Waals surface area contributed by atoms with Crippen LogP contribution in [0.5, 0.6) is 0 Å². The van der Waals surface area contributed by atoms with E-state index in [-0.39, 0.29) is 5.78 Å². The molecule has 3 aromatic rings. The molecule has 0 fully saturated rings.